The number of rotatable bonds is 7. The van der Waals surface area contributed by atoms with E-state index >= 15 is 0 Å². The highest BCUT2D eigenvalue weighted by molar-refractivity contribution is 8.45. The van der Waals surface area contributed by atoms with Gasteiger partial charge in [-0.3, -0.25) is 9.59 Å². The van der Waals surface area contributed by atoms with Crippen molar-refractivity contribution in [3.63, 3.8) is 0 Å². The van der Waals surface area contributed by atoms with Crippen LogP contribution in [0.5, 0.6) is 0 Å². The quantitative estimate of drug-likeness (QED) is 0.373. The number of carbonyl (C=O) groups excluding carboxylic acids is 1. The van der Waals surface area contributed by atoms with E-state index in [1.165, 1.54) is 10.1 Å². The fraction of sp³-hybridized carbons (Fsp3) is 0.440. The van der Waals surface area contributed by atoms with Crippen LogP contribution in [0.15, 0.2) is 39.5 Å². The van der Waals surface area contributed by atoms with Gasteiger partial charge in [0.15, 0.2) is 5.82 Å². The Morgan fingerprint density at radius 3 is 2.27 bits per heavy atom. The number of hydrogen-bond acceptors (Lipinski definition) is 6. The summed E-state index contributed by atoms with van der Waals surface area (Å²) in [5.74, 6) is -0.0707. The lowest BCUT2D eigenvalue weighted by molar-refractivity contribution is -0.116. The van der Waals surface area contributed by atoms with E-state index in [0.717, 1.165) is 37.0 Å². The van der Waals surface area contributed by atoms with Crippen molar-refractivity contribution < 1.29 is 24.2 Å². The normalized spacial score (nSPS) is 17.8. The standard InChI is InChI=1S/C25H30F5N7O2S/c1-3-20-22(35-13-11-31-12-14-35)24(39)37-25(33-23(34-37)16(2)17-5-4-6-17)36(20)15-21(38)32-18-7-9-19(10-8-18)40(26,27,28,29)30/h7-10,31H,3-6,11-15H2,1-2H3,(H,32,38). The van der Waals surface area contributed by atoms with E-state index in [2.05, 4.69) is 20.7 Å². The van der Waals surface area contributed by atoms with Crippen LogP contribution in [0, 0.1) is 0 Å². The molecule has 2 fully saturated rings. The summed E-state index contributed by atoms with van der Waals surface area (Å²) < 4.78 is 68.2. The minimum absolute atomic E-state index is 0.0826. The molecular weight excluding hydrogens is 557 g/mol. The minimum atomic E-state index is -9.83. The third kappa shape index (κ3) is 5.44. The van der Waals surface area contributed by atoms with Crippen LogP contribution in [-0.2, 0) is 17.8 Å². The number of benzene rings is 1. The van der Waals surface area contributed by atoms with Gasteiger partial charge in [-0.2, -0.15) is 9.50 Å². The fourth-order valence-corrected chi connectivity index (χ4v) is 5.65. The molecular formula is C25H30F5N7O2S. The highest BCUT2D eigenvalue weighted by Gasteiger charge is 2.65. The van der Waals surface area contributed by atoms with E-state index in [9.17, 15) is 29.0 Å². The molecule has 1 saturated heterocycles. The smallest absolute Gasteiger partial charge is 0.310 e. The van der Waals surface area contributed by atoms with Crippen LogP contribution in [0.3, 0.4) is 0 Å². The molecule has 15 heteroatoms. The third-order valence-corrected chi connectivity index (χ3v) is 8.46. The molecule has 3 heterocycles. The van der Waals surface area contributed by atoms with Crippen molar-refractivity contribution in [3.8, 4) is 0 Å². The molecule has 1 saturated carbocycles. The van der Waals surface area contributed by atoms with Gasteiger partial charge >= 0.3 is 10.2 Å². The number of nitrogens with one attached hydrogen (secondary N) is 2. The first-order valence-electron chi connectivity index (χ1n) is 13.0. The van der Waals surface area contributed by atoms with Crippen molar-refractivity contribution in [2.24, 2.45) is 0 Å². The van der Waals surface area contributed by atoms with Crippen LogP contribution in [0.2, 0.25) is 0 Å². The van der Waals surface area contributed by atoms with Crippen molar-refractivity contribution in [1.82, 2.24) is 24.5 Å². The Morgan fingerprint density at radius 1 is 1.07 bits per heavy atom. The van der Waals surface area contributed by atoms with Crippen LogP contribution in [-0.4, -0.2) is 51.3 Å². The number of halogens is 5. The molecule has 9 nitrogen and oxygen atoms in total. The molecule has 218 valence electrons. The molecule has 2 aliphatic rings. The number of hydrogen-bond donors (Lipinski definition) is 2. The molecule has 0 radical (unpaired) electrons. The average Bonchev–Trinajstić information content (AvgIpc) is 3.30. The van der Waals surface area contributed by atoms with E-state index in [4.69, 9.17) is 0 Å². The van der Waals surface area contributed by atoms with Gasteiger partial charge in [-0.05, 0) is 62.4 Å². The minimum Gasteiger partial charge on any atom is -0.363 e. The SMILES string of the molecule is CCc1c(N2CCNCC2)c(=O)n2nc(C(C)=C3CCC3)nc2n1CC(=O)Nc1ccc(S(F)(F)(F)(F)F)cc1. The Kier molecular flexibility index (Phi) is 6.53. The number of allylic oxidation sites excluding steroid dienone is 2. The van der Waals surface area contributed by atoms with Gasteiger partial charge in [-0.25, -0.2) is 0 Å². The van der Waals surface area contributed by atoms with Crippen molar-refractivity contribution in [3.05, 3.63) is 51.7 Å². The molecule has 2 aromatic heterocycles. The number of nitrogens with zero attached hydrogens (tertiary/aromatic N) is 5. The molecule has 3 aromatic rings. The Bertz CT molecular complexity index is 1570. The summed E-state index contributed by atoms with van der Waals surface area (Å²) in [7, 11) is -9.83. The molecule has 1 amide bonds. The highest BCUT2D eigenvalue weighted by atomic mass is 32.5. The van der Waals surface area contributed by atoms with Gasteiger partial charge in [0.2, 0.25) is 11.7 Å². The third-order valence-electron chi connectivity index (χ3n) is 7.30. The van der Waals surface area contributed by atoms with Crippen molar-refractivity contribution >= 4 is 38.9 Å². The second kappa shape index (κ2) is 9.29. The lowest BCUT2D eigenvalue weighted by Crippen LogP contribution is -2.47. The maximum absolute atomic E-state index is 13.7. The number of amides is 1. The van der Waals surface area contributed by atoms with E-state index in [0.29, 0.717) is 49.8 Å². The summed E-state index contributed by atoms with van der Waals surface area (Å²) in [4.78, 5) is 31.4. The largest absolute Gasteiger partial charge is 0.363 e. The number of carbonyl (C=O) groups is 1. The van der Waals surface area contributed by atoms with Gasteiger partial charge in [0, 0.05) is 31.9 Å². The monoisotopic (exact) mass is 587 g/mol. The van der Waals surface area contributed by atoms with Gasteiger partial charge in [0.1, 0.15) is 17.1 Å². The van der Waals surface area contributed by atoms with E-state index in [1.807, 2.05) is 18.7 Å². The molecule has 5 rings (SSSR count). The average molecular weight is 588 g/mol. The zero-order valence-corrected chi connectivity index (χ0v) is 22.8. The highest BCUT2D eigenvalue weighted by Crippen LogP contribution is 3.02. The Hall–Kier alpha value is -3.46. The first kappa shape index (κ1) is 28.1. The van der Waals surface area contributed by atoms with Gasteiger partial charge in [0.25, 0.3) is 5.56 Å². The van der Waals surface area contributed by atoms with Gasteiger partial charge in [0.05, 0.1) is 5.69 Å². The van der Waals surface area contributed by atoms with E-state index in [1.54, 1.807) is 4.57 Å². The van der Waals surface area contributed by atoms with Gasteiger partial charge in [-0.1, -0.05) is 31.9 Å². The van der Waals surface area contributed by atoms with Crippen LogP contribution in [0.25, 0.3) is 11.4 Å². The summed E-state index contributed by atoms with van der Waals surface area (Å²) in [6.07, 6.45) is 3.32. The van der Waals surface area contributed by atoms with Crippen LogP contribution in [0.4, 0.5) is 30.8 Å². The number of fused-ring (bicyclic) bond motifs is 1. The number of piperazine rings is 1. The Labute approximate surface area is 226 Å². The molecule has 0 unspecified atom stereocenters. The first-order valence-corrected chi connectivity index (χ1v) is 14.9. The van der Waals surface area contributed by atoms with Crippen molar-refractivity contribution in [1.29, 1.82) is 0 Å². The Morgan fingerprint density at radius 2 is 1.73 bits per heavy atom. The molecule has 2 N–H and O–H groups in total. The predicted octanol–water partition coefficient (Wildman–Crippen LogP) is 5.12. The van der Waals surface area contributed by atoms with Crippen LogP contribution in [0.1, 0.15) is 44.6 Å². The zero-order valence-electron chi connectivity index (χ0n) is 22.0. The topological polar surface area (TPSA) is 96.6 Å². The lowest BCUT2D eigenvalue weighted by Gasteiger charge is -2.40. The maximum Gasteiger partial charge on any atom is 0.310 e. The summed E-state index contributed by atoms with van der Waals surface area (Å²) >= 11 is 0. The van der Waals surface area contributed by atoms with Crippen LogP contribution >= 0.6 is 10.2 Å². The zero-order chi connectivity index (χ0) is 28.9. The summed E-state index contributed by atoms with van der Waals surface area (Å²) in [5.41, 5.74) is 2.65. The summed E-state index contributed by atoms with van der Waals surface area (Å²) in [6, 6.07) is 2.05. The molecule has 0 spiro atoms. The van der Waals surface area contributed by atoms with Crippen LogP contribution < -0.4 is 21.1 Å². The van der Waals surface area contributed by atoms with Crippen molar-refractivity contribution in [2.75, 3.05) is 36.4 Å². The number of anilines is 2. The lowest BCUT2D eigenvalue weighted by atomic mass is 9.88. The van der Waals surface area contributed by atoms with Crippen molar-refractivity contribution in [2.45, 2.75) is 51.0 Å². The second-order valence-electron chi connectivity index (χ2n) is 10.0. The second-order valence-corrected chi connectivity index (χ2v) is 12.5. The molecule has 1 aromatic carbocycles. The fourth-order valence-electron chi connectivity index (χ4n) is 5.00. The van der Waals surface area contributed by atoms with E-state index in [-0.39, 0.29) is 35.7 Å². The van der Waals surface area contributed by atoms with Gasteiger partial charge in [-0.15, -0.1) is 5.10 Å². The molecule has 0 bridgehead atoms. The maximum atomic E-state index is 13.7. The van der Waals surface area contributed by atoms with E-state index < -0.39 is 21.0 Å². The van der Waals surface area contributed by atoms with Gasteiger partial charge < -0.3 is 20.1 Å². The summed E-state index contributed by atoms with van der Waals surface area (Å²) in [5, 5.41) is 10.2. The molecule has 1 aliphatic carbocycles. The predicted molar refractivity (Wildman–Crippen MR) is 145 cm³/mol. The molecule has 0 atom stereocenters. The molecule has 40 heavy (non-hydrogen) atoms. The first-order chi connectivity index (χ1) is 18.7. The summed E-state index contributed by atoms with van der Waals surface area (Å²) in [6.45, 7) is 5.91. The Balaban J connectivity index is 1.54. The number of aromatic nitrogens is 4. The molecule has 1 aliphatic heterocycles.